The van der Waals surface area contributed by atoms with Crippen LogP contribution in [0.15, 0.2) is 10.6 Å². The van der Waals surface area contributed by atoms with E-state index in [0.29, 0.717) is 0 Å². The quantitative estimate of drug-likeness (QED) is 0.495. The van der Waals surface area contributed by atoms with Gasteiger partial charge < -0.3 is 0 Å². The van der Waals surface area contributed by atoms with Crippen molar-refractivity contribution in [2.75, 3.05) is 12.1 Å². The van der Waals surface area contributed by atoms with Crippen LogP contribution in [0.1, 0.15) is 6.42 Å². The molecule has 9 heavy (non-hydrogen) atoms. The van der Waals surface area contributed by atoms with Gasteiger partial charge in [0.25, 0.3) is 0 Å². The maximum absolute atomic E-state index is 2.41. The summed E-state index contributed by atoms with van der Waals surface area (Å²) >= 11 is 0. The Labute approximate surface area is 60.9 Å². The maximum Gasteiger partial charge on any atom is -0.00426 e. The molecule has 0 saturated carbocycles. The zero-order valence-electron chi connectivity index (χ0n) is 5.15. The number of hydrogen-bond acceptors (Lipinski definition) is 0. The highest BCUT2D eigenvalue weighted by atomic mass is 31.1. The Balaban J connectivity index is 2.24. The first-order valence-electron chi connectivity index (χ1n) is 3.16. The van der Waals surface area contributed by atoms with E-state index in [1.165, 1.54) is 35.6 Å². The molecule has 2 unspecified atom stereocenters. The third-order valence-electron chi connectivity index (χ3n) is 1.61. The second-order valence-electron chi connectivity index (χ2n) is 2.22. The molecular weight excluding hydrogens is 165 g/mol. The van der Waals surface area contributed by atoms with Crippen molar-refractivity contribution >= 4 is 31.2 Å². The van der Waals surface area contributed by atoms with Crippen LogP contribution in [-0.4, -0.2) is 17.9 Å². The number of rotatable bonds is 0. The highest BCUT2D eigenvalue weighted by Crippen LogP contribution is 2.48. The topological polar surface area (TPSA) is 0 Å². The Morgan fingerprint density at radius 2 is 2.56 bits per heavy atom. The minimum Gasteiger partial charge on any atom is -0.113 e. The fourth-order valence-corrected chi connectivity index (χ4v) is 6.18. The molecule has 48 valence electrons. The van der Waals surface area contributed by atoms with E-state index in [9.17, 15) is 0 Å². The Bertz CT molecular complexity index is 181. The average molecular weight is 174 g/mol. The molecule has 3 heteroatoms. The van der Waals surface area contributed by atoms with E-state index in [1.54, 1.807) is 18.8 Å². The molecule has 0 aromatic carbocycles. The van der Waals surface area contributed by atoms with Gasteiger partial charge in [0, 0.05) is 0 Å². The van der Waals surface area contributed by atoms with Crippen LogP contribution in [0, 0.1) is 0 Å². The Morgan fingerprint density at radius 1 is 1.56 bits per heavy atom. The van der Waals surface area contributed by atoms with Gasteiger partial charge in [-0.3, -0.25) is 0 Å². The van der Waals surface area contributed by atoms with E-state index < -0.39 is 0 Å². The Morgan fingerprint density at radius 3 is 3.44 bits per heavy atom. The summed E-state index contributed by atoms with van der Waals surface area (Å²) in [7, 11) is 3.98. The van der Waals surface area contributed by atoms with Crippen molar-refractivity contribution in [3.63, 3.8) is 0 Å². The maximum atomic E-state index is 2.41. The van der Waals surface area contributed by atoms with Gasteiger partial charge in [-0.1, -0.05) is 22.6 Å². The summed E-state index contributed by atoms with van der Waals surface area (Å²) in [6.45, 7) is 0. The Hall–Kier alpha value is 0.770. The monoisotopic (exact) mass is 174 g/mol. The molecule has 0 N–H and O–H groups in total. The molecule has 2 atom stereocenters. The molecule has 2 rings (SSSR count). The molecule has 0 fully saturated rings. The largest absolute Gasteiger partial charge is 0.113 e. The van der Waals surface area contributed by atoms with Crippen LogP contribution in [0.5, 0.6) is 0 Å². The fraction of sp³-hybridized carbons (Fsp3) is 0.500. The average Bonchev–Trinajstić information content (AvgIpc) is 2.33. The van der Waals surface area contributed by atoms with Crippen molar-refractivity contribution in [1.82, 2.24) is 0 Å². The molecule has 0 aromatic rings. The number of allylic oxidation sites excluding steroid dienone is 2. The van der Waals surface area contributed by atoms with Crippen LogP contribution in [0.2, 0.25) is 0 Å². The Kier molecular flexibility index (Phi) is 2.01. The van der Waals surface area contributed by atoms with Crippen LogP contribution in [-0.2, 0) is 0 Å². The standard InChI is InChI=1S/C6H9P3/c1-2-8-6-3-7-4-9-5(1)6/h2,7,9H,1,3-4H2. The molecule has 2 aliphatic heterocycles. The molecule has 0 aliphatic carbocycles. The minimum absolute atomic E-state index is 1.19. The summed E-state index contributed by atoms with van der Waals surface area (Å²) in [5.41, 5.74) is 0. The van der Waals surface area contributed by atoms with E-state index >= 15 is 0 Å². The predicted octanol–water partition coefficient (Wildman–Crippen LogP) is 2.68. The van der Waals surface area contributed by atoms with Gasteiger partial charge in [0.15, 0.2) is 0 Å². The fourth-order valence-electron chi connectivity index (χ4n) is 1.12. The van der Waals surface area contributed by atoms with Gasteiger partial charge in [-0.05, 0) is 29.1 Å². The third-order valence-corrected chi connectivity index (χ3v) is 6.47. The predicted molar refractivity (Wildman–Crippen MR) is 51.0 cm³/mol. The second kappa shape index (κ2) is 2.79. The van der Waals surface area contributed by atoms with Gasteiger partial charge in [-0.2, -0.15) is 0 Å². The zero-order chi connectivity index (χ0) is 6.10. The van der Waals surface area contributed by atoms with Crippen LogP contribution < -0.4 is 0 Å². The first kappa shape index (κ1) is 6.48. The van der Waals surface area contributed by atoms with E-state index in [1.807, 2.05) is 0 Å². The lowest BCUT2D eigenvalue weighted by Crippen LogP contribution is -1.85. The molecule has 0 amide bonds. The lowest BCUT2D eigenvalue weighted by Gasteiger charge is -2.12. The zero-order valence-corrected chi connectivity index (χ0v) is 8.04. The molecule has 2 heterocycles. The number of hydrogen-bond donors (Lipinski definition) is 0. The van der Waals surface area contributed by atoms with Crippen LogP contribution >= 0.6 is 25.4 Å². The SMILES string of the molecule is C1=PC2=C(C1)PCPC2. The molecule has 2 aliphatic rings. The third kappa shape index (κ3) is 1.27. The van der Waals surface area contributed by atoms with Gasteiger partial charge in [0.2, 0.25) is 0 Å². The minimum atomic E-state index is 1.19. The molecule has 0 radical (unpaired) electrons. The summed E-state index contributed by atoms with van der Waals surface area (Å²) in [4.78, 5) is 0. The molecular formula is C6H9P3. The van der Waals surface area contributed by atoms with Crippen molar-refractivity contribution in [3.05, 3.63) is 10.6 Å². The van der Waals surface area contributed by atoms with E-state index in [-0.39, 0.29) is 0 Å². The van der Waals surface area contributed by atoms with Crippen molar-refractivity contribution in [2.45, 2.75) is 6.42 Å². The summed E-state index contributed by atoms with van der Waals surface area (Å²) in [6, 6.07) is 0. The van der Waals surface area contributed by atoms with Crippen molar-refractivity contribution in [1.29, 1.82) is 0 Å². The van der Waals surface area contributed by atoms with Crippen molar-refractivity contribution in [2.24, 2.45) is 0 Å². The van der Waals surface area contributed by atoms with Crippen LogP contribution in [0.3, 0.4) is 0 Å². The van der Waals surface area contributed by atoms with Crippen LogP contribution in [0.25, 0.3) is 0 Å². The second-order valence-corrected chi connectivity index (χ2v) is 6.61. The molecule has 0 saturated heterocycles. The van der Waals surface area contributed by atoms with Gasteiger partial charge in [0.1, 0.15) is 0 Å². The van der Waals surface area contributed by atoms with Gasteiger partial charge in [-0.25, -0.2) is 0 Å². The lowest BCUT2D eigenvalue weighted by atomic mass is 10.4. The van der Waals surface area contributed by atoms with E-state index in [4.69, 9.17) is 0 Å². The molecule has 0 spiro atoms. The van der Waals surface area contributed by atoms with Gasteiger partial charge in [-0.15, -0.1) is 8.58 Å². The first-order valence-corrected chi connectivity index (χ1v) is 6.74. The summed E-state index contributed by atoms with van der Waals surface area (Å²) in [5, 5.41) is 3.58. The van der Waals surface area contributed by atoms with E-state index in [2.05, 4.69) is 5.80 Å². The molecule has 0 aromatic heterocycles. The summed E-state index contributed by atoms with van der Waals surface area (Å²) < 4.78 is 0. The molecule has 0 bridgehead atoms. The smallest absolute Gasteiger partial charge is 0.00426 e. The molecule has 0 nitrogen and oxygen atoms in total. The lowest BCUT2D eigenvalue weighted by molar-refractivity contribution is 1.46. The normalized spacial score (nSPS) is 32.0. The highest BCUT2D eigenvalue weighted by Gasteiger charge is 2.12. The first-order chi connectivity index (χ1) is 4.47. The van der Waals surface area contributed by atoms with Crippen LogP contribution in [0.4, 0.5) is 0 Å². The van der Waals surface area contributed by atoms with Gasteiger partial charge in [0.05, 0.1) is 0 Å². The summed E-state index contributed by atoms with van der Waals surface area (Å²) in [5.74, 6) is 3.91. The van der Waals surface area contributed by atoms with Crippen molar-refractivity contribution < 1.29 is 0 Å². The van der Waals surface area contributed by atoms with E-state index in [0.717, 1.165) is 0 Å². The summed E-state index contributed by atoms with van der Waals surface area (Å²) in [6.07, 6.45) is 2.75. The van der Waals surface area contributed by atoms with Gasteiger partial charge >= 0.3 is 0 Å². The van der Waals surface area contributed by atoms with Crippen molar-refractivity contribution in [3.8, 4) is 0 Å². The highest BCUT2D eigenvalue weighted by molar-refractivity contribution is 7.62.